The molecular formula is C20H32O3SSi. The molecular weight excluding hydrogens is 348 g/mol. The molecule has 0 amide bonds. The van der Waals surface area contributed by atoms with Gasteiger partial charge in [-0.1, -0.05) is 43.8 Å². The number of hydrogen-bond donors (Lipinski definition) is 0. The normalized spacial score (nSPS) is 23.2. The standard InChI is InChI=1S/C20H32O3SSi/c1-6-23-20(21)18-9-7-8-17(18)19(14-25(3,4)5)24(22)16-12-10-15(2)11-13-16/h10-13,17-19H,6-9,14H2,1-5H3/t17?,18?,19?,24-/m0/s1. The van der Waals surface area contributed by atoms with Crippen LogP contribution in [0, 0.1) is 18.8 Å². The molecule has 1 aliphatic rings. The smallest absolute Gasteiger partial charge is 0.309 e. The van der Waals surface area contributed by atoms with Crippen molar-refractivity contribution in [2.45, 2.75) is 68.9 Å². The van der Waals surface area contributed by atoms with Crippen molar-refractivity contribution in [1.82, 2.24) is 0 Å². The van der Waals surface area contributed by atoms with Gasteiger partial charge in [0.1, 0.15) is 0 Å². The van der Waals surface area contributed by atoms with Crippen LogP contribution in [-0.2, 0) is 20.3 Å². The van der Waals surface area contributed by atoms with E-state index in [1.54, 1.807) is 0 Å². The summed E-state index contributed by atoms with van der Waals surface area (Å²) in [4.78, 5) is 13.3. The third kappa shape index (κ3) is 5.51. The molecule has 0 heterocycles. The van der Waals surface area contributed by atoms with Gasteiger partial charge in [0.15, 0.2) is 0 Å². The van der Waals surface area contributed by atoms with E-state index in [4.69, 9.17) is 4.74 Å². The number of aryl methyl sites for hydroxylation is 1. The molecule has 0 spiro atoms. The van der Waals surface area contributed by atoms with Gasteiger partial charge in [-0.25, -0.2) is 0 Å². The monoisotopic (exact) mass is 380 g/mol. The van der Waals surface area contributed by atoms with Crippen molar-refractivity contribution in [3.8, 4) is 0 Å². The second kappa shape index (κ2) is 8.63. The van der Waals surface area contributed by atoms with Crippen molar-refractivity contribution in [2.75, 3.05) is 6.61 Å². The lowest BCUT2D eigenvalue weighted by Gasteiger charge is -2.31. The Morgan fingerprint density at radius 1 is 1.24 bits per heavy atom. The number of ether oxygens (including phenoxy) is 1. The van der Waals surface area contributed by atoms with Gasteiger partial charge >= 0.3 is 5.97 Å². The molecule has 1 saturated carbocycles. The lowest BCUT2D eigenvalue weighted by Crippen LogP contribution is -2.38. The molecule has 0 saturated heterocycles. The van der Waals surface area contributed by atoms with Crippen molar-refractivity contribution in [3.63, 3.8) is 0 Å². The fourth-order valence-electron chi connectivity index (χ4n) is 3.81. The Labute approximate surface area is 156 Å². The number of hydrogen-bond acceptors (Lipinski definition) is 3. The molecule has 1 aromatic carbocycles. The van der Waals surface area contributed by atoms with Gasteiger partial charge in [-0.2, -0.15) is 0 Å². The van der Waals surface area contributed by atoms with Crippen LogP contribution < -0.4 is 0 Å². The molecule has 0 bridgehead atoms. The number of esters is 1. The summed E-state index contributed by atoms with van der Waals surface area (Å²) in [6.45, 7) is 11.3. The SMILES string of the molecule is CCOC(=O)C1CCCC1C(C[Si](C)(C)C)[S@@](=O)c1ccc(C)cc1. The molecule has 4 atom stereocenters. The molecule has 3 nitrogen and oxygen atoms in total. The van der Waals surface area contributed by atoms with Crippen molar-refractivity contribution < 1.29 is 13.7 Å². The highest BCUT2D eigenvalue weighted by molar-refractivity contribution is 7.85. The Bertz CT molecular complexity index is 606. The van der Waals surface area contributed by atoms with Crippen LogP contribution in [0.25, 0.3) is 0 Å². The van der Waals surface area contributed by atoms with Gasteiger partial charge in [0.05, 0.1) is 23.3 Å². The quantitative estimate of drug-likeness (QED) is 0.504. The Morgan fingerprint density at radius 2 is 1.88 bits per heavy atom. The van der Waals surface area contributed by atoms with E-state index in [0.717, 1.165) is 30.2 Å². The van der Waals surface area contributed by atoms with Crippen molar-refractivity contribution >= 4 is 24.8 Å². The van der Waals surface area contributed by atoms with Gasteiger partial charge in [-0.15, -0.1) is 0 Å². The van der Waals surface area contributed by atoms with Gasteiger partial charge < -0.3 is 4.74 Å². The summed E-state index contributed by atoms with van der Waals surface area (Å²) in [5, 5.41) is 0.0475. The van der Waals surface area contributed by atoms with Crippen LogP contribution in [0.1, 0.15) is 31.7 Å². The minimum Gasteiger partial charge on any atom is -0.466 e. The summed E-state index contributed by atoms with van der Waals surface area (Å²) in [5.74, 6) is -0.00454. The van der Waals surface area contributed by atoms with E-state index in [9.17, 15) is 9.00 Å². The predicted octanol–water partition coefficient (Wildman–Crippen LogP) is 4.79. The summed E-state index contributed by atoms with van der Waals surface area (Å²) < 4.78 is 18.7. The second-order valence-corrected chi connectivity index (χ2v) is 15.6. The predicted molar refractivity (Wildman–Crippen MR) is 107 cm³/mol. The minimum atomic E-state index is -1.42. The highest BCUT2D eigenvalue weighted by Gasteiger charge is 2.43. The largest absolute Gasteiger partial charge is 0.466 e. The highest BCUT2D eigenvalue weighted by atomic mass is 32.2. The van der Waals surface area contributed by atoms with Crippen molar-refractivity contribution in [2.24, 2.45) is 11.8 Å². The van der Waals surface area contributed by atoms with Crippen LogP contribution >= 0.6 is 0 Å². The molecule has 0 N–H and O–H groups in total. The maximum Gasteiger partial charge on any atom is 0.309 e. The van der Waals surface area contributed by atoms with Gasteiger partial charge in [-0.05, 0) is 50.8 Å². The maximum absolute atomic E-state index is 13.4. The second-order valence-electron chi connectivity index (χ2n) is 8.37. The van der Waals surface area contributed by atoms with Crippen LogP contribution in [0.3, 0.4) is 0 Å². The maximum atomic E-state index is 13.4. The number of benzene rings is 1. The third-order valence-corrected chi connectivity index (χ3v) is 8.74. The van der Waals surface area contributed by atoms with Gasteiger partial charge in [0.25, 0.3) is 0 Å². The summed E-state index contributed by atoms with van der Waals surface area (Å²) in [6.07, 6.45) is 2.88. The lowest BCUT2D eigenvalue weighted by atomic mass is 9.93. The molecule has 1 fully saturated rings. The van der Waals surface area contributed by atoms with Crippen LogP contribution in [0.5, 0.6) is 0 Å². The van der Waals surface area contributed by atoms with E-state index >= 15 is 0 Å². The minimum absolute atomic E-state index is 0.0475. The van der Waals surface area contributed by atoms with Crippen molar-refractivity contribution in [1.29, 1.82) is 0 Å². The fraction of sp³-hybridized carbons (Fsp3) is 0.650. The summed E-state index contributed by atoms with van der Waals surface area (Å²) >= 11 is 0. The van der Waals surface area contributed by atoms with Gasteiger partial charge in [0.2, 0.25) is 0 Å². The lowest BCUT2D eigenvalue weighted by molar-refractivity contribution is -0.149. The molecule has 5 heteroatoms. The first-order valence-electron chi connectivity index (χ1n) is 9.37. The number of carbonyl (C=O) groups is 1. The Balaban J connectivity index is 2.30. The van der Waals surface area contributed by atoms with E-state index in [2.05, 4.69) is 19.6 Å². The summed E-state index contributed by atoms with van der Waals surface area (Å²) in [5.41, 5.74) is 1.17. The van der Waals surface area contributed by atoms with E-state index in [-0.39, 0.29) is 23.1 Å². The molecule has 3 unspecified atom stereocenters. The van der Waals surface area contributed by atoms with E-state index < -0.39 is 18.9 Å². The average molecular weight is 381 g/mol. The van der Waals surface area contributed by atoms with Crippen molar-refractivity contribution in [3.05, 3.63) is 29.8 Å². The molecule has 2 rings (SSSR count). The first-order valence-corrected chi connectivity index (χ1v) is 14.3. The Morgan fingerprint density at radius 3 is 2.44 bits per heavy atom. The zero-order chi connectivity index (χ0) is 18.6. The number of carbonyl (C=O) groups excluding carboxylic acids is 1. The fourth-order valence-corrected chi connectivity index (χ4v) is 8.82. The molecule has 1 aliphatic carbocycles. The first-order chi connectivity index (χ1) is 11.7. The van der Waals surface area contributed by atoms with E-state index in [1.165, 1.54) is 5.56 Å². The average Bonchev–Trinajstić information content (AvgIpc) is 3.01. The molecule has 0 aromatic heterocycles. The number of rotatable bonds is 7. The zero-order valence-electron chi connectivity index (χ0n) is 16.2. The highest BCUT2D eigenvalue weighted by Crippen LogP contribution is 2.41. The molecule has 1 aromatic rings. The summed E-state index contributed by atoms with van der Waals surface area (Å²) in [7, 11) is -2.50. The van der Waals surface area contributed by atoms with Crippen LogP contribution in [0.15, 0.2) is 29.2 Å². The Hall–Kier alpha value is -0.943. The van der Waals surface area contributed by atoms with Crippen LogP contribution in [0.4, 0.5) is 0 Å². The first kappa shape index (κ1) is 20.4. The third-order valence-electron chi connectivity index (χ3n) is 4.98. The van der Waals surface area contributed by atoms with Crippen LogP contribution in [0.2, 0.25) is 25.7 Å². The molecule has 140 valence electrons. The topological polar surface area (TPSA) is 43.4 Å². The molecule has 25 heavy (non-hydrogen) atoms. The van der Waals surface area contributed by atoms with E-state index in [0.29, 0.717) is 6.61 Å². The Kier molecular flexibility index (Phi) is 7.03. The molecule has 0 aliphatic heterocycles. The van der Waals surface area contributed by atoms with Gasteiger partial charge in [0, 0.05) is 18.2 Å². The summed E-state index contributed by atoms with van der Waals surface area (Å²) in [6, 6.07) is 8.99. The molecule has 0 radical (unpaired) electrons. The van der Waals surface area contributed by atoms with E-state index in [1.807, 2.05) is 38.1 Å². The van der Waals surface area contributed by atoms with Gasteiger partial charge in [-0.3, -0.25) is 9.00 Å². The van der Waals surface area contributed by atoms with Crippen LogP contribution in [-0.4, -0.2) is 30.1 Å². The zero-order valence-corrected chi connectivity index (χ0v) is 18.0.